The summed E-state index contributed by atoms with van der Waals surface area (Å²) in [6.07, 6.45) is 0. The van der Waals surface area contributed by atoms with Crippen molar-refractivity contribution in [2.75, 3.05) is 17.3 Å². The minimum Gasteiger partial charge on any atom is -0.490 e. The minimum absolute atomic E-state index is 0.0513. The summed E-state index contributed by atoms with van der Waals surface area (Å²) < 4.78 is 12.7. The van der Waals surface area contributed by atoms with E-state index in [4.69, 9.17) is 32.7 Å². The lowest BCUT2D eigenvalue weighted by Crippen LogP contribution is -2.27. The van der Waals surface area contributed by atoms with Crippen molar-refractivity contribution in [2.24, 2.45) is 0 Å². The van der Waals surface area contributed by atoms with Crippen molar-refractivity contribution in [3.05, 3.63) is 86.3 Å². The van der Waals surface area contributed by atoms with Crippen molar-refractivity contribution < 1.29 is 14.3 Å². The lowest BCUT2D eigenvalue weighted by molar-refractivity contribution is -0.115. The lowest BCUT2D eigenvalue weighted by Gasteiger charge is -2.25. The largest absolute Gasteiger partial charge is 0.490 e. The molecule has 0 N–H and O–H groups in total. The first-order chi connectivity index (χ1) is 15.5. The van der Waals surface area contributed by atoms with Gasteiger partial charge in [-0.25, -0.2) is 0 Å². The van der Waals surface area contributed by atoms with Crippen LogP contribution in [-0.2, 0) is 11.4 Å². The standard InChI is InChI=1S/C24H20BrCl2NO3S/c1-2-30-21-12-16(11-19(25)23(21)31-13-15-5-3-4-6-20(15)27)24-28(22(29)14-32-24)18-9-7-17(26)8-10-18/h3-12,24H,2,13-14H2,1H3/t24-/m0/s1. The summed E-state index contributed by atoms with van der Waals surface area (Å²) in [7, 11) is 0. The van der Waals surface area contributed by atoms with Crippen LogP contribution in [0.3, 0.4) is 0 Å². The fourth-order valence-corrected chi connectivity index (χ4v) is 5.50. The molecule has 0 radical (unpaired) electrons. The van der Waals surface area contributed by atoms with Crippen LogP contribution in [0.25, 0.3) is 0 Å². The fraction of sp³-hybridized carbons (Fsp3) is 0.208. The zero-order valence-electron chi connectivity index (χ0n) is 17.2. The summed E-state index contributed by atoms with van der Waals surface area (Å²) in [6.45, 7) is 2.72. The number of carbonyl (C=O) groups excluding carboxylic acids is 1. The molecule has 3 aromatic rings. The molecule has 0 bridgehead atoms. The highest BCUT2D eigenvalue weighted by molar-refractivity contribution is 9.10. The molecule has 0 aromatic heterocycles. The number of thioether (sulfide) groups is 1. The van der Waals surface area contributed by atoms with E-state index in [2.05, 4.69) is 15.9 Å². The van der Waals surface area contributed by atoms with Gasteiger partial charge in [-0.05, 0) is 70.9 Å². The molecule has 32 heavy (non-hydrogen) atoms. The van der Waals surface area contributed by atoms with Gasteiger partial charge in [0.15, 0.2) is 11.5 Å². The van der Waals surface area contributed by atoms with Crippen LogP contribution in [0, 0.1) is 0 Å². The Labute approximate surface area is 209 Å². The highest BCUT2D eigenvalue weighted by Crippen LogP contribution is 2.46. The van der Waals surface area contributed by atoms with Gasteiger partial charge in [-0.1, -0.05) is 41.4 Å². The normalized spacial score (nSPS) is 15.8. The van der Waals surface area contributed by atoms with Gasteiger partial charge >= 0.3 is 0 Å². The number of benzene rings is 3. The topological polar surface area (TPSA) is 38.8 Å². The zero-order chi connectivity index (χ0) is 22.7. The van der Waals surface area contributed by atoms with Gasteiger partial charge in [0, 0.05) is 21.3 Å². The predicted octanol–water partition coefficient (Wildman–Crippen LogP) is 7.51. The number of carbonyl (C=O) groups is 1. The number of hydrogen-bond donors (Lipinski definition) is 0. The second kappa shape index (κ2) is 10.4. The van der Waals surface area contributed by atoms with E-state index in [1.165, 1.54) is 0 Å². The molecule has 0 unspecified atom stereocenters. The van der Waals surface area contributed by atoms with Crippen LogP contribution in [0.15, 0.2) is 65.1 Å². The number of amides is 1. The van der Waals surface area contributed by atoms with Crippen molar-refractivity contribution in [1.29, 1.82) is 0 Å². The molecule has 0 spiro atoms. The van der Waals surface area contributed by atoms with Gasteiger partial charge < -0.3 is 9.47 Å². The van der Waals surface area contributed by atoms with Crippen LogP contribution < -0.4 is 14.4 Å². The number of hydrogen-bond acceptors (Lipinski definition) is 4. The Hall–Kier alpha value is -1.86. The monoisotopic (exact) mass is 551 g/mol. The molecule has 1 atom stereocenters. The molecule has 0 aliphatic carbocycles. The molecule has 1 fully saturated rings. The van der Waals surface area contributed by atoms with Crippen molar-refractivity contribution in [2.45, 2.75) is 18.9 Å². The molecular formula is C24H20BrCl2NO3S. The highest BCUT2D eigenvalue weighted by atomic mass is 79.9. The summed E-state index contributed by atoms with van der Waals surface area (Å²) in [5, 5.41) is 1.10. The molecular weight excluding hydrogens is 533 g/mol. The van der Waals surface area contributed by atoms with E-state index < -0.39 is 0 Å². The van der Waals surface area contributed by atoms with Crippen LogP contribution in [0.4, 0.5) is 5.69 Å². The van der Waals surface area contributed by atoms with Crippen molar-refractivity contribution >= 4 is 62.5 Å². The van der Waals surface area contributed by atoms with Crippen LogP contribution in [0.5, 0.6) is 11.5 Å². The Kier molecular flexibility index (Phi) is 7.56. The average Bonchev–Trinajstić information content (AvgIpc) is 3.16. The lowest BCUT2D eigenvalue weighted by atomic mass is 10.1. The quantitative estimate of drug-likeness (QED) is 0.304. The predicted molar refractivity (Wildman–Crippen MR) is 135 cm³/mol. The van der Waals surface area contributed by atoms with Gasteiger partial charge in [0.05, 0.1) is 16.8 Å². The Morgan fingerprint density at radius 1 is 1.09 bits per heavy atom. The van der Waals surface area contributed by atoms with Gasteiger partial charge in [0.25, 0.3) is 0 Å². The van der Waals surface area contributed by atoms with Crippen LogP contribution in [-0.4, -0.2) is 18.3 Å². The average molecular weight is 553 g/mol. The number of nitrogens with zero attached hydrogens (tertiary/aromatic N) is 1. The first-order valence-corrected chi connectivity index (χ1v) is 12.6. The van der Waals surface area contributed by atoms with Crippen LogP contribution in [0.1, 0.15) is 23.4 Å². The maximum absolute atomic E-state index is 12.7. The number of rotatable bonds is 7. The van der Waals surface area contributed by atoms with Gasteiger partial charge in [-0.2, -0.15) is 0 Å². The maximum Gasteiger partial charge on any atom is 0.238 e. The van der Waals surface area contributed by atoms with E-state index in [9.17, 15) is 4.79 Å². The SMILES string of the molecule is CCOc1cc([C@@H]2SCC(=O)N2c2ccc(Cl)cc2)cc(Br)c1OCc1ccccc1Cl. The first kappa shape index (κ1) is 23.3. The summed E-state index contributed by atoms with van der Waals surface area (Å²) in [5.74, 6) is 1.66. The molecule has 1 aliphatic rings. The molecule has 166 valence electrons. The van der Waals surface area contributed by atoms with E-state index in [1.54, 1.807) is 28.8 Å². The molecule has 4 rings (SSSR count). The van der Waals surface area contributed by atoms with Crippen molar-refractivity contribution in [3.8, 4) is 11.5 Å². The van der Waals surface area contributed by atoms with Crippen LogP contribution in [0.2, 0.25) is 10.0 Å². The molecule has 1 aliphatic heterocycles. The van der Waals surface area contributed by atoms with Gasteiger partial charge in [0.2, 0.25) is 5.91 Å². The zero-order valence-corrected chi connectivity index (χ0v) is 21.1. The van der Waals surface area contributed by atoms with E-state index in [-0.39, 0.29) is 11.3 Å². The summed E-state index contributed by atoms with van der Waals surface area (Å²) in [5.41, 5.74) is 2.64. The first-order valence-electron chi connectivity index (χ1n) is 9.99. The molecule has 4 nitrogen and oxygen atoms in total. The smallest absolute Gasteiger partial charge is 0.238 e. The number of halogens is 3. The second-order valence-electron chi connectivity index (χ2n) is 7.05. The Bertz CT molecular complexity index is 1130. The summed E-state index contributed by atoms with van der Waals surface area (Å²) in [6, 6.07) is 18.8. The molecule has 1 heterocycles. The number of anilines is 1. The van der Waals surface area contributed by atoms with E-state index >= 15 is 0 Å². The fourth-order valence-electron chi connectivity index (χ4n) is 3.45. The maximum atomic E-state index is 12.7. The summed E-state index contributed by atoms with van der Waals surface area (Å²) >= 11 is 17.5. The van der Waals surface area contributed by atoms with Gasteiger partial charge in [-0.3, -0.25) is 9.69 Å². The molecule has 0 saturated carbocycles. The summed E-state index contributed by atoms with van der Waals surface area (Å²) in [4.78, 5) is 14.5. The molecule has 8 heteroatoms. The second-order valence-corrected chi connectivity index (χ2v) is 9.81. The highest BCUT2D eigenvalue weighted by Gasteiger charge is 2.35. The third-order valence-corrected chi connectivity index (χ3v) is 7.34. The van der Waals surface area contributed by atoms with Crippen molar-refractivity contribution in [1.82, 2.24) is 0 Å². The Balaban J connectivity index is 1.65. The minimum atomic E-state index is -0.184. The third kappa shape index (κ3) is 5.04. The third-order valence-electron chi connectivity index (χ3n) is 4.92. The van der Waals surface area contributed by atoms with E-state index in [0.717, 1.165) is 21.3 Å². The van der Waals surface area contributed by atoms with E-state index in [1.807, 2.05) is 55.5 Å². The number of ether oxygens (including phenoxy) is 2. The molecule has 1 amide bonds. The molecule has 3 aromatic carbocycles. The van der Waals surface area contributed by atoms with Crippen LogP contribution >= 0.6 is 50.9 Å². The van der Waals surface area contributed by atoms with Gasteiger partial charge in [-0.15, -0.1) is 11.8 Å². The molecule has 1 saturated heterocycles. The Morgan fingerprint density at radius 2 is 1.84 bits per heavy atom. The van der Waals surface area contributed by atoms with Crippen molar-refractivity contribution in [3.63, 3.8) is 0 Å². The van der Waals surface area contributed by atoms with Gasteiger partial charge in [0.1, 0.15) is 12.0 Å². The Morgan fingerprint density at radius 3 is 2.56 bits per heavy atom. The van der Waals surface area contributed by atoms with E-state index in [0.29, 0.717) is 40.5 Å².